The summed E-state index contributed by atoms with van der Waals surface area (Å²) in [6, 6.07) is 1.81. The van der Waals surface area contributed by atoms with Gasteiger partial charge in [-0.1, -0.05) is 11.6 Å². The van der Waals surface area contributed by atoms with Crippen LogP contribution in [-0.2, 0) is 4.74 Å². The van der Waals surface area contributed by atoms with Gasteiger partial charge >= 0.3 is 5.97 Å². The number of H-pyrrole nitrogens is 1. The lowest BCUT2D eigenvalue weighted by Crippen LogP contribution is -2.05. The molecule has 0 fully saturated rings. The molecule has 0 radical (unpaired) electrons. The topological polar surface area (TPSA) is 67.9 Å². The molecule has 0 amide bonds. The van der Waals surface area contributed by atoms with E-state index in [1.165, 1.54) is 13.3 Å². The number of nitrogens with zero attached hydrogens (tertiary/aromatic N) is 2. The Morgan fingerprint density at radius 2 is 2.38 bits per heavy atom. The molecule has 0 unspecified atom stereocenters. The van der Waals surface area contributed by atoms with Crippen LogP contribution in [-0.4, -0.2) is 28.0 Å². The van der Waals surface area contributed by atoms with Crippen LogP contribution < -0.4 is 0 Å². The lowest BCUT2D eigenvalue weighted by Gasteiger charge is -2.02. The SMILES string of the molecule is COC(=O)c1cnc(-c2cc[nH]c2)nc1Cl. The van der Waals surface area contributed by atoms with Crippen LogP contribution in [0.3, 0.4) is 0 Å². The number of carbonyl (C=O) groups is 1. The number of aromatic nitrogens is 3. The number of nitrogens with one attached hydrogen (secondary N) is 1. The van der Waals surface area contributed by atoms with Gasteiger partial charge in [0, 0.05) is 24.2 Å². The Morgan fingerprint density at radius 1 is 1.56 bits per heavy atom. The van der Waals surface area contributed by atoms with Gasteiger partial charge in [-0.3, -0.25) is 0 Å². The van der Waals surface area contributed by atoms with E-state index in [-0.39, 0.29) is 10.7 Å². The second-order valence-electron chi connectivity index (χ2n) is 2.99. The van der Waals surface area contributed by atoms with E-state index in [4.69, 9.17) is 11.6 Å². The fourth-order valence-corrected chi connectivity index (χ4v) is 1.42. The average molecular weight is 238 g/mol. The standard InChI is InChI=1S/C10H8ClN3O2/c1-16-10(15)7-5-13-9(14-8(7)11)6-2-3-12-4-6/h2-5,12H,1H3. The molecule has 0 aliphatic carbocycles. The number of ether oxygens (including phenoxy) is 1. The first-order valence-corrected chi connectivity index (χ1v) is 4.84. The molecule has 0 saturated heterocycles. The molecule has 0 aromatic carbocycles. The normalized spacial score (nSPS) is 10.1. The van der Waals surface area contributed by atoms with Crippen molar-refractivity contribution in [3.8, 4) is 11.4 Å². The number of halogens is 1. The minimum Gasteiger partial charge on any atom is -0.465 e. The summed E-state index contributed by atoms with van der Waals surface area (Å²) < 4.78 is 4.54. The van der Waals surface area contributed by atoms with Gasteiger partial charge in [-0.05, 0) is 6.07 Å². The van der Waals surface area contributed by atoms with Crippen LogP contribution in [0.25, 0.3) is 11.4 Å². The second kappa shape index (κ2) is 4.32. The van der Waals surface area contributed by atoms with Gasteiger partial charge in [0.2, 0.25) is 0 Å². The van der Waals surface area contributed by atoms with E-state index in [2.05, 4.69) is 19.7 Å². The molecular weight excluding hydrogens is 230 g/mol. The van der Waals surface area contributed by atoms with Crippen molar-refractivity contribution in [3.63, 3.8) is 0 Å². The maximum absolute atomic E-state index is 11.2. The Bertz CT molecular complexity index is 511. The highest BCUT2D eigenvalue weighted by molar-refractivity contribution is 6.32. The molecule has 82 valence electrons. The first-order chi connectivity index (χ1) is 7.72. The van der Waals surface area contributed by atoms with Crippen molar-refractivity contribution in [2.75, 3.05) is 7.11 Å². The monoisotopic (exact) mass is 237 g/mol. The van der Waals surface area contributed by atoms with E-state index >= 15 is 0 Å². The number of methoxy groups -OCH3 is 1. The highest BCUT2D eigenvalue weighted by Crippen LogP contribution is 2.19. The van der Waals surface area contributed by atoms with Crippen LogP contribution in [0.2, 0.25) is 5.15 Å². The summed E-state index contributed by atoms with van der Waals surface area (Å²) in [7, 11) is 1.28. The molecule has 0 aliphatic rings. The second-order valence-corrected chi connectivity index (χ2v) is 3.35. The first kappa shape index (κ1) is 10.6. The highest BCUT2D eigenvalue weighted by atomic mass is 35.5. The fraction of sp³-hybridized carbons (Fsp3) is 0.100. The summed E-state index contributed by atoms with van der Waals surface area (Å²) in [4.78, 5) is 22.2. The third kappa shape index (κ3) is 1.90. The molecule has 0 aliphatic heterocycles. The zero-order chi connectivity index (χ0) is 11.5. The molecular formula is C10H8ClN3O2. The van der Waals surface area contributed by atoms with Gasteiger partial charge in [0.1, 0.15) is 10.7 Å². The van der Waals surface area contributed by atoms with Crippen molar-refractivity contribution in [2.45, 2.75) is 0 Å². The maximum Gasteiger partial charge on any atom is 0.342 e. The van der Waals surface area contributed by atoms with Crippen LogP contribution in [0.5, 0.6) is 0 Å². The largest absolute Gasteiger partial charge is 0.465 e. The van der Waals surface area contributed by atoms with Crippen molar-refractivity contribution < 1.29 is 9.53 Å². The number of rotatable bonds is 2. The number of hydrogen-bond acceptors (Lipinski definition) is 4. The van der Waals surface area contributed by atoms with E-state index in [0.29, 0.717) is 5.82 Å². The summed E-state index contributed by atoms with van der Waals surface area (Å²) in [5, 5.41) is 0.0815. The maximum atomic E-state index is 11.2. The Labute approximate surface area is 96.4 Å². The molecule has 0 saturated carbocycles. The zero-order valence-electron chi connectivity index (χ0n) is 8.40. The van der Waals surface area contributed by atoms with Gasteiger partial charge in [-0.25, -0.2) is 14.8 Å². The fourth-order valence-electron chi connectivity index (χ4n) is 1.21. The van der Waals surface area contributed by atoms with Crippen LogP contribution >= 0.6 is 11.6 Å². The molecule has 5 nitrogen and oxygen atoms in total. The molecule has 2 rings (SSSR count). The van der Waals surface area contributed by atoms with E-state index < -0.39 is 5.97 Å². The predicted octanol–water partition coefficient (Wildman–Crippen LogP) is 1.91. The molecule has 1 N–H and O–H groups in total. The Hall–Kier alpha value is -1.88. The molecule has 2 heterocycles. The highest BCUT2D eigenvalue weighted by Gasteiger charge is 2.14. The van der Waals surface area contributed by atoms with Crippen molar-refractivity contribution in [3.05, 3.63) is 35.4 Å². The van der Waals surface area contributed by atoms with Gasteiger partial charge in [-0.2, -0.15) is 0 Å². The lowest BCUT2D eigenvalue weighted by molar-refractivity contribution is 0.0600. The van der Waals surface area contributed by atoms with Crippen molar-refractivity contribution in [1.29, 1.82) is 0 Å². The molecule has 16 heavy (non-hydrogen) atoms. The third-order valence-electron chi connectivity index (χ3n) is 2.00. The van der Waals surface area contributed by atoms with Crippen LogP contribution in [0.15, 0.2) is 24.7 Å². The first-order valence-electron chi connectivity index (χ1n) is 4.46. The van der Waals surface area contributed by atoms with Gasteiger partial charge < -0.3 is 9.72 Å². The minimum absolute atomic E-state index is 0.0815. The molecule has 0 spiro atoms. The van der Waals surface area contributed by atoms with Crippen LogP contribution in [0, 0.1) is 0 Å². The molecule has 0 bridgehead atoms. The van der Waals surface area contributed by atoms with Crippen molar-refractivity contribution in [1.82, 2.24) is 15.0 Å². The van der Waals surface area contributed by atoms with Crippen molar-refractivity contribution in [2.24, 2.45) is 0 Å². The van der Waals surface area contributed by atoms with E-state index in [1.54, 1.807) is 12.4 Å². The minimum atomic E-state index is -0.550. The summed E-state index contributed by atoms with van der Waals surface area (Å²) >= 11 is 5.86. The van der Waals surface area contributed by atoms with E-state index in [1.807, 2.05) is 6.07 Å². The Balaban J connectivity index is 2.41. The van der Waals surface area contributed by atoms with Gasteiger partial charge in [0.15, 0.2) is 5.82 Å². The number of aromatic amines is 1. The lowest BCUT2D eigenvalue weighted by atomic mass is 10.3. The van der Waals surface area contributed by atoms with Gasteiger partial charge in [0.05, 0.1) is 7.11 Å². The molecule has 6 heteroatoms. The zero-order valence-corrected chi connectivity index (χ0v) is 9.15. The molecule has 0 atom stereocenters. The Kier molecular flexibility index (Phi) is 2.87. The summed E-state index contributed by atoms with van der Waals surface area (Å²) in [6.07, 6.45) is 4.84. The summed E-state index contributed by atoms with van der Waals surface area (Å²) in [5.74, 6) is -0.0930. The van der Waals surface area contributed by atoms with Gasteiger partial charge in [-0.15, -0.1) is 0 Å². The molecule has 2 aromatic heterocycles. The van der Waals surface area contributed by atoms with E-state index in [9.17, 15) is 4.79 Å². The summed E-state index contributed by atoms with van der Waals surface area (Å²) in [6.45, 7) is 0. The van der Waals surface area contributed by atoms with E-state index in [0.717, 1.165) is 5.56 Å². The summed E-state index contributed by atoms with van der Waals surface area (Å²) in [5.41, 5.74) is 0.960. The number of carbonyl (C=O) groups excluding carboxylic acids is 1. The van der Waals surface area contributed by atoms with Gasteiger partial charge in [0.25, 0.3) is 0 Å². The number of esters is 1. The third-order valence-corrected chi connectivity index (χ3v) is 2.29. The predicted molar refractivity (Wildman–Crippen MR) is 58.2 cm³/mol. The Morgan fingerprint density at radius 3 is 2.94 bits per heavy atom. The van der Waals surface area contributed by atoms with Crippen molar-refractivity contribution >= 4 is 17.6 Å². The average Bonchev–Trinajstić information content (AvgIpc) is 2.81. The quantitative estimate of drug-likeness (QED) is 0.640. The number of hydrogen-bond donors (Lipinski definition) is 1. The smallest absolute Gasteiger partial charge is 0.342 e. The molecule has 2 aromatic rings. The van der Waals surface area contributed by atoms with Crippen LogP contribution in [0.1, 0.15) is 10.4 Å². The van der Waals surface area contributed by atoms with Crippen LogP contribution in [0.4, 0.5) is 0 Å².